The van der Waals surface area contributed by atoms with Crippen molar-refractivity contribution in [3.63, 3.8) is 0 Å². The van der Waals surface area contributed by atoms with Crippen molar-refractivity contribution in [3.05, 3.63) is 60.2 Å². The Balaban J connectivity index is 1.97. The molecule has 0 amide bonds. The Labute approximate surface area is 125 Å². The second-order valence-electron chi connectivity index (χ2n) is 4.47. The molecule has 0 bridgehead atoms. The first-order valence-electron chi connectivity index (χ1n) is 6.91. The Morgan fingerprint density at radius 1 is 1.05 bits per heavy atom. The van der Waals surface area contributed by atoms with Crippen LogP contribution in [0.1, 0.15) is 18.5 Å². The van der Waals surface area contributed by atoms with Gasteiger partial charge in [0.15, 0.2) is 0 Å². The molecular weight excluding hydrogens is 266 g/mol. The maximum absolute atomic E-state index is 5.48. The highest BCUT2D eigenvalue weighted by Crippen LogP contribution is 2.25. The molecule has 1 N–H and O–H groups in total. The molecule has 106 valence electrons. The summed E-state index contributed by atoms with van der Waals surface area (Å²) in [6.45, 7) is 2.71. The smallest absolute Gasteiger partial charge is 0.119 e. The molecule has 0 saturated carbocycles. The third-order valence-corrected chi connectivity index (χ3v) is 4.21. The molecule has 2 aromatic rings. The van der Waals surface area contributed by atoms with E-state index in [0.717, 1.165) is 11.5 Å². The molecule has 0 aliphatic heterocycles. The van der Waals surface area contributed by atoms with Gasteiger partial charge in [0.25, 0.3) is 0 Å². The van der Waals surface area contributed by atoms with Crippen molar-refractivity contribution in [2.75, 3.05) is 19.4 Å². The molecule has 0 spiro atoms. The summed E-state index contributed by atoms with van der Waals surface area (Å²) in [4.78, 5) is 1.30. The minimum absolute atomic E-state index is 0.343. The fourth-order valence-corrected chi connectivity index (χ4v) is 3.07. The molecule has 0 aliphatic rings. The molecule has 2 aromatic carbocycles. The summed E-state index contributed by atoms with van der Waals surface area (Å²) in [6.07, 6.45) is 0. The van der Waals surface area contributed by atoms with Crippen molar-refractivity contribution < 1.29 is 4.74 Å². The van der Waals surface area contributed by atoms with Crippen molar-refractivity contribution in [2.24, 2.45) is 0 Å². The molecule has 1 atom stereocenters. The Morgan fingerprint density at radius 2 is 1.75 bits per heavy atom. The van der Waals surface area contributed by atoms with Crippen molar-refractivity contribution in [1.82, 2.24) is 5.32 Å². The molecule has 0 radical (unpaired) electrons. The number of nitrogens with one attached hydrogen (secondary N) is 1. The molecule has 0 aliphatic carbocycles. The lowest BCUT2D eigenvalue weighted by atomic mass is 10.1. The van der Waals surface area contributed by atoms with Crippen LogP contribution < -0.4 is 10.1 Å². The minimum atomic E-state index is 0.343. The third-order valence-electron chi connectivity index (χ3n) is 3.10. The van der Waals surface area contributed by atoms with E-state index >= 15 is 0 Å². The van der Waals surface area contributed by atoms with Gasteiger partial charge in [-0.2, -0.15) is 0 Å². The molecule has 0 saturated heterocycles. The van der Waals surface area contributed by atoms with E-state index in [1.807, 2.05) is 43.9 Å². The zero-order valence-electron chi connectivity index (χ0n) is 12.0. The number of hydrogen-bond donors (Lipinski definition) is 1. The van der Waals surface area contributed by atoms with E-state index in [2.05, 4.69) is 41.7 Å². The van der Waals surface area contributed by atoms with Crippen LogP contribution in [-0.4, -0.2) is 19.4 Å². The lowest BCUT2D eigenvalue weighted by Gasteiger charge is -2.16. The topological polar surface area (TPSA) is 21.3 Å². The SMILES string of the molecule is CCOc1ccc(C(CSc2ccccc2)NC)cc1. The fourth-order valence-electron chi connectivity index (χ4n) is 2.01. The molecule has 2 nitrogen and oxygen atoms in total. The summed E-state index contributed by atoms with van der Waals surface area (Å²) in [5.41, 5.74) is 1.29. The lowest BCUT2D eigenvalue weighted by Crippen LogP contribution is -2.18. The molecular formula is C17H21NOS. The van der Waals surface area contributed by atoms with Crippen LogP contribution in [0, 0.1) is 0 Å². The molecule has 20 heavy (non-hydrogen) atoms. The van der Waals surface area contributed by atoms with E-state index in [4.69, 9.17) is 4.74 Å². The van der Waals surface area contributed by atoms with Gasteiger partial charge >= 0.3 is 0 Å². The van der Waals surface area contributed by atoms with E-state index in [1.54, 1.807) is 0 Å². The predicted octanol–water partition coefficient (Wildman–Crippen LogP) is 4.14. The first-order chi connectivity index (χ1) is 9.83. The summed E-state index contributed by atoms with van der Waals surface area (Å²) in [7, 11) is 2.01. The number of thioether (sulfide) groups is 1. The molecule has 3 heteroatoms. The second-order valence-corrected chi connectivity index (χ2v) is 5.56. The monoisotopic (exact) mass is 287 g/mol. The normalized spacial score (nSPS) is 12.1. The van der Waals surface area contributed by atoms with E-state index in [-0.39, 0.29) is 0 Å². The zero-order chi connectivity index (χ0) is 14.2. The summed E-state index contributed by atoms with van der Waals surface area (Å²) >= 11 is 1.87. The van der Waals surface area contributed by atoms with Gasteiger partial charge in [0.2, 0.25) is 0 Å². The van der Waals surface area contributed by atoms with Crippen LogP contribution in [0.15, 0.2) is 59.5 Å². The number of benzene rings is 2. The molecule has 0 heterocycles. The van der Waals surface area contributed by atoms with Gasteiger partial charge in [0, 0.05) is 16.7 Å². The van der Waals surface area contributed by atoms with E-state index in [9.17, 15) is 0 Å². The standard InChI is InChI=1S/C17H21NOS/c1-3-19-15-11-9-14(10-12-15)17(18-2)13-20-16-7-5-4-6-8-16/h4-12,17-18H,3,13H2,1-2H3. The van der Waals surface area contributed by atoms with Gasteiger partial charge in [0.05, 0.1) is 6.61 Å². The third kappa shape index (κ3) is 4.29. The summed E-state index contributed by atoms with van der Waals surface area (Å²) in [6, 6.07) is 19.2. The van der Waals surface area contributed by atoms with Crippen molar-refractivity contribution >= 4 is 11.8 Å². The van der Waals surface area contributed by atoms with Gasteiger partial charge in [-0.05, 0) is 43.8 Å². The van der Waals surface area contributed by atoms with Gasteiger partial charge in [-0.15, -0.1) is 11.8 Å². The lowest BCUT2D eigenvalue weighted by molar-refractivity contribution is 0.340. The average molecular weight is 287 g/mol. The highest BCUT2D eigenvalue weighted by atomic mass is 32.2. The van der Waals surface area contributed by atoms with Gasteiger partial charge in [-0.3, -0.25) is 0 Å². The Kier molecular flexibility index (Phi) is 5.96. The Bertz CT molecular complexity index is 498. The van der Waals surface area contributed by atoms with Crippen LogP contribution in [0.4, 0.5) is 0 Å². The van der Waals surface area contributed by atoms with Crippen LogP contribution in [0.25, 0.3) is 0 Å². The Morgan fingerprint density at radius 3 is 2.35 bits per heavy atom. The second kappa shape index (κ2) is 7.98. The average Bonchev–Trinajstić information content (AvgIpc) is 2.51. The number of hydrogen-bond acceptors (Lipinski definition) is 3. The van der Waals surface area contributed by atoms with E-state index < -0.39 is 0 Å². The maximum atomic E-state index is 5.48. The highest BCUT2D eigenvalue weighted by molar-refractivity contribution is 7.99. The van der Waals surface area contributed by atoms with Gasteiger partial charge < -0.3 is 10.1 Å². The van der Waals surface area contributed by atoms with Gasteiger partial charge in [-0.25, -0.2) is 0 Å². The number of rotatable bonds is 7. The first-order valence-corrected chi connectivity index (χ1v) is 7.90. The van der Waals surface area contributed by atoms with Crippen molar-refractivity contribution in [3.8, 4) is 5.75 Å². The largest absolute Gasteiger partial charge is 0.494 e. The summed E-state index contributed by atoms with van der Waals surface area (Å²) in [5, 5.41) is 3.38. The zero-order valence-corrected chi connectivity index (χ0v) is 12.8. The minimum Gasteiger partial charge on any atom is -0.494 e. The van der Waals surface area contributed by atoms with Crippen LogP contribution in [0.5, 0.6) is 5.75 Å². The quantitative estimate of drug-likeness (QED) is 0.773. The molecule has 0 aromatic heterocycles. The van der Waals surface area contributed by atoms with Crippen LogP contribution >= 0.6 is 11.8 Å². The van der Waals surface area contributed by atoms with Gasteiger partial charge in [-0.1, -0.05) is 30.3 Å². The molecule has 1 unspecified atom stereocenters. The van der Waals surface area contributed by atoms with Crippen molar-refractivity contribution in [2.45, 2.75) is 17.9 Å². The number of ether oxygens (including phenoxy) is 1. The van der Waals surface area contributed by atoms with Crippen LogP contribution in [0.3, 0.4) is 0 Å². The summed E-state index contributed by atoms with van der Waals surface area (Å²) < 4.78 is 5.48. The fraction of sp³-hybridized carbons (Fsp3) is 0.294. The van der Waals surface area contributed by atoms with Gasteiger partial charge in [0.1, 0.15) is 5.75 Å². The maximum Gasteiger partial charge on any atom is 0.119 e. The van der Waals surface area contributed by atoms with E-state index in [0.29, 0.717) is 12.6 Å². The van der Waals surface area contributed by atoms with E-state index in [1.165, 1.54) is 10.5 Å². The molecule has 2 rings (SSSR count). The van der Waals surface area contributed by atoms with Crippen LogP contribution in [0.2, 0.25) is 0 Å². The highest BCUT2D eigenvalue weighted by Gasteiger charge is 2.09. The van der Waals surface area contributed by atoms with Crippen molar-refractivity contribution in [1.29, 1.82) is 0 Å². The predicted molar refractivity (Wildman–Crippen MR) is 86.6 cm³/mol. The Hall–Kier alpha value is -1.45. The first kappa shape index (κ1) is 14.9. The van der Waals surface area contributed by atoms with Crippen LogP contribution in [-0.2, 0) is 0 Å². The summed E-state index contributed by atoms with van der Waals surface area (Å²) in [5.74, 6) is 1.94. The molecule has 0 fully saturated rings.